The Morgan fingerprint density at radius 2 is 2.28 bits per heavy atom. The summed E-state index contributed by atoms with van der Waals surface area (Å²) in [5.41, 5.74) is 8.54. The third-order valence-electron chi connectivity index (χ3n) is 3.88. The van der Waals surface area contributed by atoms with E-state index in [0.717, 1.165) is 17.9 Å². The smallest absolute Gasteiger partial charge is 0.125 e. The summed E-state index contributed by atoms with van der Waals surface area (Å²) in [6.45, 7) is 5.42. The number of ether oxygens (including phenoxy) is 1. The summed E-state index contributed by atoms with van der Waals surface area (Å²) in [5, 5.41) is 0. The molecule has 18 heavy (non-hydrogen) atoms. The maximum Gasteiger partial charge on any atom is 0.125 e. The molecule has 1 aromatic carbocycles. The molecular weight excluding hydrogens is 224 g/mol. The molecule has 0 bridgehead atoms. The van der Waals surface area contributed by atoms with Crippen molar-refractivity contribution in [1.82, 2.24) is 0 Å². The van der Waals surface area contributed by atoms with Gasteiger partial charge in [-0.25, -0.2) is 0 Å². The van der Waals surface area contributed by atoms with E-state index in [-0.39, 0.29) is 6.04 Å². The number of nitrogens with two attached hydrogens (primary N) is 1. The number of rotatable bonds is 4. The average molecular weight is 248 g/mol. The Balaban J connectivity index is 2.43. The van der Waals surface area contributed by atoms with Gasteiger partial charge in [-0.15, -0.1) is 0 Å². The van der Waals surface area contributed by atoms with Crippen molar-refractivity contribution in [3.8, 4) is 5.75 Å². The molecule has 0 spiro atoms. The van der Waals surface area contributed by atoms with E-state index < -0.39 is 0 Å². The van der Waals surface area contributed by atoms with E-state index in [9.17, 15) is 0 Å². The van der Waals surface area contributed by atoms with Crippen molar-refractivity contribution >= 4 is 5.69 Å². The minimum atomic E-state index is -0.00532. The van der Waals surface area contributed by atoms with Crippen LogP contribution in [0.5, 0.6) is 5.75 Å². The molecule has 1 heterocycles. The van der Waals surface area contributed by atoms with Crippen molar-refractivity contribution in [1.29, 1.82) is 0 Å². The molecule has 100 valence electrons. The van der Waals surface area contributed by atoms with Gasteiger partial charge in [0, 0.05) is 29.9 Å². The van der Waals surface area contributed by atoms with E-state index in [1.165, 1.54) is 24.9 Å². The van der Waals surface area contributed by atoms with Gasteiger partial charge in [0.05, 0.1) is 7.11 Å². The Hall–Kier alpha value is -1.22. The van der Waals surface area contributed by atoms with Crippen molar-refractivity contribution in [2.75, 3.05) is 18.6 Å². The number of benzene rings is 1. The summed E-state index contributed by atoms with van der Waals surface area (Å²) < 4.78 is 5.47. The Labute approximate surface area is 110 Å². The largest absolute Gasteiger partial charge is 0.496 e. The summed E-state index contributed by atoms with van der Waals surface area (Å²) in [6, 6.07) is 6.88. The predicted molar refractivity (Wildman–Crippen MR) is 76.3 cm³/mol. The first-order chi connectivity index (χ1) is 8.69. The molecule has 1 aromatic rings. The maximum atomic E-state index is 6.14. The Kier molecular flexibility index (Phi) is 4.12. The molecule has 2 rings (SSSR count). The standard InChI is InChI=1S/C15H24N2O/c1-4-12-7-6-10-17(12)13-8-5-9-14(18-3)15(13)11(2)16/h5,8-9,11-12H,4,6-7,10,16H2,1-3H3/t11-,12?/m0/s1. The highest BCUT2D eigenvalue weighted by molar-refractivity contribution is 5.61. The van der Waals surface area contributed by atoms with Crippen molar-refractivity contribution < 1.29 is 4.74 Å². The molecule has 3 heteroatoms. The molecule has 1 aliphatic heterocycles. The molecule has 0 saturated carbocycles. The van der Waals surface area contributed by atoms with E-state index in [0.29, 0.717) is 6.04 Å². The number of methoxy groups -OCH3 is 1. The zero-order chi connectivity index (χ0) is 13.1. The lowest BCUT2D eigenvalue weighted by Crippen LogP contribution is -2.30. The topological polar surface area (TPSA) is 38.5 Å². The summed E-state index contributed by atoms with van der Waals surface area (Å²) in [5.74, 6) is 0.907. The lowest BCUT2D eigenvalue weighted by atomic mass is 10.0. The van der Waals surface area contributed by atoms with Crippen LogP contribution in [0.2, 0.25) is 0 Å². The molecule has 1 saturated heterocycles. The van der Waals surface area contributed by atoms with Crippen molar-refractivity contribution in [3.63, 3.8) is 0 Å². The molecular formula is C15H24N2O. The van der Waals surface area contributed by atoms with E-state index in [1.807, 2.05) is 13.0 Å². The molecule has 0 radical (unpaired) electrons. The minimum Gasteiger partial charge on any atom is -0.496 e. The van der Waals surface area contributed by atoms with Crippen LogP contribution in [0.3, 0.4) is 0 Å². The predicted octanol–water partition coefficient (Wildman–Crippen LogP) is 3.09. The van der Waals surface area contributed by atoms with Crippen LogP contribution in [0.1, 0.15) is 44.7 Å². The number of anilines is 1. The van der Waals surface area contributed by atoms with Crippen LogP contribution in [0, 0.1) is 0 Å². The van der Waals surface area contributed by atoms with Gasteiger partial charge >= 0.3 is 0 Å². The number of hydrogen-bond acceptors (Lipinski definition) is 3. The number of hydrogen-bond donors (Lipinski definition) is 1. The molecule has 1 aliphatic rings. The number of nitrogens with zero attached hydrogens (tertiary/aromatic N) is 1. The van der Waals surface area contributed by atoms with Crippen LogP contribution in [-0.4, -0.2) is 19.7 Å². The van der Waals surface area contributed by atoms with Gasteiger partial charge in [-0.2, -0.15) is 0 Å². The second-order valence-electron chi connectivity index (χ2n) is 5.08. The van der Waals surface area contributed by atoms with Crippen LogP contribution < -0.4 is 15.4 Å². The van der Waals surface area contributed by atoms with Crippen molar-refractivity contribution in [2.24, 2.45) is 5.73 Å². The minimum absolute atomic E-state index is 0.00532. The average Bonchev–Trinajstić information content (AvgIpc) is 2.85. The van der Waals surface area contributed by atoms with Crippen LogP contribution >= 0.6 is 0 Å². The van der Waals surface area contributed by atoms with E-state index in [4.69, 9.17) is 10.5 Å². The summed E-state index contributed by atoms with van der Waals surface area (Å²) in [4.78, 5) is 2.50. The van der Waals surface area contributed by atoms with Gasteiger partial charge in [0.2, 0.25) is 0 Å². The Morgan fingerprint density at radius 1 is 1.50 bits per heavy atom. The van der Waals surface area contributed by atoms with Gasteiger partial charge in [-0.1, -0.05) is 13.0 Å². The van der Waals surface area contributed by atoms with E-state index in [2.05, 4.69) is 24.0 Å². The highest BCUT2D eigenvalue weighted by atomic mass is 16.5. The van der Waals surface area contributed by atoms with Crippen molar-refractivity contribution in [2.45, 2.75) is 45.2 Å². The molecule has 1 unspecified atom stereocenters. The molecule has 0 aliphatic carbocycles. The van der Waals surface area contributed by atoms with Gasteiger partial charge in [-0.05, 0) is 38.3 Å². The zero-order valence-corrected chi connectivity index (χ0v) is 11.6. The van der Waals surface area contributed by atoms with Gasteiger partial charge in [-0.3, -0.25) is 0 Å². The molecule has 2 atom stereocenters. The Bertz CT molecular complexity index is 403. The van der Waals surface area contributed by atoms with Crippen LogP contribution in [0.4, 0.5) is 5.69 Å². The van der Waals surface area contributed by atoms with Gasteiger partial charge < -0.3 is 15.4 Å². The molecule has 2 N–H and O–H groups in total. The molecule has 0 amide bonds. The quantitative estimate of drug-likeness (QED) is 0.890. The molecule has 1 fully saturated rings. The summed E-state index contributed by atoms with van der Waals surface area (Å²) in [6.07, 6.45) is 3.75. The summed E-state index contributed by atoms with van der Waals surface area (Å²) >= 11 is 0. The second kappa shape index (κ2) is 5.61. The highest BCUT2D eigenvalue weighted by Gasteiger charge is 2.26. The maximum absolute atomic E-state index is 6.14. The monoisotopic (exact) mass is 248 g/mol. The van der Waals surface area contributed by atoms with Crippen molar-refractivity contribution in [3.05, 3.63) is 23.8 Å². The van der Waals surface area contributed by atoms with Gasteiger partial charge in [0.25, 0.3) is 0 Å². The van der Waals surface area contributed by atoms with Crippen LogP contribution in [0.15, 0.2) is 18.2 Å². The Morgan fingerprint density at radius 3 is 2.89 bits per heavy atom. The first-order valence-corrected chi connectivity index (χ1v) is 6.88. The van der Waals surface area contributed by atoms with Gasteiger partial charge in [0.15, 0.2) is 0 Å². The fraction of sp³-hybridized carbons (Fsp3) is 0.600. The summed E-state index contributed by atoms with van der Waals surface area (Å²) in [7, 11) is 1.71. The first kappa shape index (κ1) is 13.2. The third-order valence-corrected chi connectivity index (χ3v) is 3.88. The fourth-order valence-corrected chi connectivity index (χ4v) is 3.00. The lowest BCUT2D eigenvalue weighted by molar-refractivity contribution is 0.406. The second-order valence-corrected chi connectivity index (χ2v) is 5.08. The highest BCUT2D eigenvalue weighted by Crippen LogP contribution is 2.37. The van der Waals surface area contributed by atoms with E-state index in [1.54, 1.807) is 7.11 Å². The third kappa shape index (κ3) is 2.32. The zero-order valence-electron chi connectivity index (χ0n) is 11.6. The van der Waals surface area contributed by atoms with Crippen LogP contribution in [0.25, 0.3) is 0 Å². The normalized spacial score (nSPS) is 21.1. The van der Waals surface area contributed by atoms with E-state index >= 15 is 0 Å². The SMILES string of the molecule is CCC1CCCN1c1cccc(OC)c1[C@H](C)N. The molecule has 3 nitrogen and oxygen atoms in total. The van der Waals surface area contributed by atoms with Crippen LogP contribution in [-0.2, 0) is 0 Å². The lowest BCUT2D eigenvalue weighted by Gasteiger charge is -2.30. The molecule has 0 aromatic heterocycles. The fourth-order valence-electron chi connectivity index (χ4n) is 3.00. The van der Waals surface area contributed by atoms with Gasteiger partial charge in [0.1, 0.15) is 5.75 Å². The first-order valence-electron chi connectivity index (χ1n) is 6.88.